The number of aromatic hydroxyl groups is 2. The highest BCUT2D eigenvalue weighted by Gasteiger charge is 2.48. The topological polar surface area (TPSA) is 207 Å². The molecule has 0 saturated carbocycles. The minimum absolute atomic E-state index is 0.00240. The van der Waals surface area contributed by atoms with Gasteiger partial charge in [-0.15, -0.1) is 0 Å². The fraction of sp³-hybridized carbons (Fsp3) is 0.383. The van der Waals surface area contributed by atoms with Crippen LogP contribution in [-0.2, 0) is 22.5 Å². The van der Waals surface area contributed by atoms with E-state index in [4.69, 9.17) is 44.7 Å². The molecule has 0 spiro atoms. The summed E-state index contributed by atoms with van der Waals surface area (Å²) in [4.78, 5) is 27.4. The summed E-state index contributed by atoms with van der Waals surface area (Å²) in [6.45, 7) is 9.31. The number of carbonyl (C=O) groups excluding carboxylic acids is 1. The second-order valence-electron chi connectivity index (χ2n) is 16.2. The van der Waals surface area contributed by atoms with Gasteiger partial charge in [-0.3, -0.25) is 15.1 Å². The summed E-state index contributed by atoms with van der Waals surface area (Å²) in [7, 11) is 4.74. The number of cyclic esters (lactones) is 1. The van der Waals surface area contributed by atoms with E-state index in [9.17, 15) is 19.8 Å². The SMILES string of the molecule is C/C(N)=C(/C(=N)c1cc(C(C)C)c(O)cc1O)c1ccc(CN2CCN(C(=O)O)CC2)cc1.COc1cc(C2c3cc4c(cc3CC3COC(=O)C32)OCO4)cc(OC)c1OC. The van der Waals surface area contributed by atoms with Gasteiger partial charge in [0, 0.05) is 67.5 Å². The Morgan fingerprint density at radius 1 is 0.887 bits per heavy atom. The number of nitrogens with zero attached hydrogens (tertiary/aromatic N) is 2. The number of methoxy groups -OCH3 is 3. The van der Waals surface area contributed by atoms with E-state index < -0.39 is 6.09 Å². The zero-order valence-corrected chi connectivity index (χ0v) is 35.8. The normalized spacial score (nSPS) is 19.4. The molecule has 6 N–H and O–H groups in total. The van der Waals surface area contributed by atoms with Crippen LogP contribution in [-0.4, -0.2) is 104 Å². The Morgan fingerprint density at radius 2 is 1.53 bits per heavy atom. The third-order valence-electron chi connectivity index (χ3n) is 12.0. The molecule has 4 aliphatic rings. The van der Waals surface area contributed by atoms with Crippen LogP contribution in [0.3, 0.4) is 0 Å². The summed E-state index contributed by atoms with van der Waals surface area (Å²) in [5.74, 6) is 2.40. The molecule has 4 aromatic carbocycles. The summed E-state index contributed by atoms with van der Waals surface area (Å²) >= 11 is 0. The number of esters is 1. The van der Waals surface area contributed by atoms with Crippen LogP contribution < -0.4 is 29.4 Å². The first kappa shape index (κ1) is 43.5. The van der Waals surface area contributed by atoms with Crippen LogP contribution in [0.15, 0.2) is 66.4 Å². The van der Waals surface area contributed by atoms with E-state index in [2.05, 4.69) is 4.90 Å². The lowest BCUT2D eigenvalue weighted by Gasteiger charge is -2.34. The number of rotatable bonds is 10. The van der Waals surface area contributed by atoms with Crippen LogP contribution in [0, 0.1) is 17.2 Å². The van der Waals surface area contributed by atoms with E-state index >= 15 is 0 Å². The molecule has 3 atom stereocenters. The highest BCUT2D eigenvalue weighted by molar-refractivity contribution is 6.31. The molecule has 3 heterocycles. The molecule has 8 rings (SSSR count). The van der Waals surface area contributed by atoms with E-state index in [0.29, 0.717) is 84.7 Å². The van der Waals surface area contributed by atoms with Crippen LogP contribution in [0.2, 0.25) is 0 Å². The molecule has 2 saturated heterocycles. The maximum Gasteiger partial charge on any atom is 0.407 e. The van der Waals surface area contributed by atoms with Crippen molar-refractivity contribution in [3.63, 3.8) is 0 Å². The molecule has 15 heteroatoms. The van der Waals surface area contributed by atoms with Gasteiger partial charge in [-0.2, -0.15) is 0 Å². The minimum Gasteiger partial charge on any atom is -0.508 e. The number of fused-ring (bicyclic) bond motifs is 3. The molecular weight excluding hydrogens is 797 g/mol. The molecule has 328 valence electrons. The number of nitrogens with two attached hydrogens (primary N) is 1. The Balaban J connectivity index is 0.000000188. The van der Waals surface area contributed by atoms with Gasteiger partial charge in [0.1, 0.15) is 11.5 Å². The monoisotopic (exact) mass is 850 g/mol. The maximum atomic E-state index is 12.7. The lowest BCUT2D eigenvalue weighted by Crippen LogP contribution is -2.47. The van der Waals surface area contributed by atoms with Gasteiger partial charge in [0.2, 0.25) is 12.5 Å². The molecule has 0 radical (unpaired) electrons. The van der Waals surface area contributed by atoms with Crippen molar-refractivity contribution < 1.29 is 53.3 Å². The Hall–Kier alpha value is -6.61. The number of carboxylic acid groups (broad SMARTS) is 1. The zero-order chi connectivity index (χ0) is 44.4. The van der Waals surface area contributed by atoms with Gasteiger partial charge in [-0.05, 0) is 83.0 Å². The fourth-order valence-corrected chi connectivity index (χ4v) is 8.88. The molecule has 62 heavy (non-hydrogen) atoms. The summed E-state index contributed by atoms with van der Waals surface area (Å²) < 4.78 is 33.2. The Morgan fingerprint density at radius 3 is 2.11 bits per heavy atom. The van der Waals surface area contributed by atoms with Crippen molar-refractivity contribution in [1.82, 2.24) is 9.80 Å². The van der Waals surface area contributed by atoms with E-state index in [-0.39, 0.29) is 53.6 Å². The average molecular weight is 851 g/mol. The number of nitrogens with one attached hydrogen (secondary N) is 1. The second kappa shape index (κ2) is 18.2. The number of hydrogen-bond acceptors (Lipinski definition) is 13. The first-order valence-corrected chi connectivity index (χ1v) is 20.5. The molecule has 2 fully saturated rings. The number of amides is 1. The largest absolute Gasteiger partial charge is 0.508 e. The van der Waals surface area contributed by atoms with E-state index in [1.807, 2.05) is 62.4 Å². The lowest BCUT2D eigenvalue weighted by molar-refractivity contribution is -0.141. The Bertz CT molecular complexity index is 2360. The number of hydrogen-bond donors (Lipinski definition) is 5. The first-order chi connectivity index (χ1) is 29.7. The Kier molecular flexibility index (Phi) is 12.7. The lowest BCUT2D eigenvalue weighted by atomic mass is 9.67. The minimum atomic E-state index is -0.877. The van der Waals surface area contributed by atoms with Crippen LogP contribution in [0.25, 0.3) is 5.57 Å². The van der Waals surface area contributed by atoms with Gasteiger partial charge in [-0.25, -0.2) is 4.79 Å². The predicted octanol–water partition coefficient (Wildman–Crippen LogP) is 6.69. The maximum absolute atomic E-state index is 12.7. The number of phenols is 2. The molecular formula is C47H54N4O11. The molecule has 1 amide bonds. The molecule has 3 unspecified atom stereocenters. The molecule has 1 aliphatic carbocycles. The van der Waals surface area contributed by atoms with Gasteiger partial charge < -0.3 is 54.4 Å². The molecule has 4 aromatic rings. The van der Waals surface area contributed by atoms with E-state index in [1.54, 1.807) is 34.3 Å². The van der Waals surface area contributed by atoms with Crippen molar-refractivity contribution >= 4 is 23.3 Å². The number of phenolic OH excluding ortho intramolecular Hbond substituents is 2. The number of allylic oxidation sites excluding steroid dienone is 2. The van der Waals surface area contributed by atoms with Crippen LogP contribution in [0.5, 0.6) is 40.2 Å². The van der Waals surface area contributed by atoms with Crippen molar-refractivity contribution in [2.45, 2.75) is 45.6 Å². The third kappa shape index (κ3) is 8.62. The molecule has 0 aromatic heterocycles. The van der Waals surface area contributed by atoms with Crippen molar-refractivity contribution in [1.29, 1.82) is 5.41 Å². The number of benzene rings is 4. The summed E-state index contributed by atoms with van der Waals surface area (Å²) in [6, 6.07) is 18.5. The summed E-state index contributed by atoms with van der Waals surface area (Å²) in [5.41, 5.74) is 13.1. The number of piperazine rings is 1. The van der Waals surface area contributed by atoms with E-state index in [0.717, 1.165) is 40.0 Å². The Labute approximate surface area is 360 Å². The summed E-state index contributed by atoms with van der Waals surface area (Å²) in [6.07, 6.45) is -0.110. The van der Waals surface area contributed by atoms with Crippen LogP contribution in [0.1, 0.15) is 71.6 Å². The second-order valence-corrected chi connectivity index (χ2v) is 16.2. The van der Waals surface area contributed by atoms with Crippen molar-refractivity contribution in [3.05, 3.63) is 105 Å². The third-order valence-corrected chi connectivity index (χ3v) is 12.0. The van der Waals surface area contributed by atoms with Crippen LogP contribution in [0.4, 0.5) is 4.79 Å². The number of ether oxygens (including phenoxy) is 6. The average Bonchev–Trinajstić information content (AvgIpc) is 3.87. The fourth-order valence-electron chi connectivity index (χ4n) is 8.88. The first-order valence-electron chi connectivity index (χ1n) is 20.5. The smallest absolute Gasteiger partial charge is 0.407 e. The number of carbonyl (C=O) groups is 2. The standard InChI is InChI=1S/C25H32N4O4.C22H22O7/c1-15(2)19-12-20(22(31)13-21(19)30)24(27)23(16(3)26)18-6-4-17(5-7-18)14-28-8-10-29(11-9-28)25(32)33;1-24-17-6-12(7-18(25-2)21(17)26-3)19-14-8-16-15(28-10-29-16)5-11(14)4-13-9-27-22(23)20(13)19/h4-7,12-13,15,27,30-31H,8-11,14,26H2,1-3H3,(H,32,33);5-8,13,19-20H,4,9-10H2,1-3H3/b23-16-,27-24?;. The van der Waals surface area contributed by atoms with Crippen molar-refractivity contribution in [2.24, 2.45) is 17.6 Å². The van der Waals surface area contributed by atoms with Gasteiger partial charge in [0.25, 0.3) is 0 Å². The molecule has 15 nitrogen and oxygen atoms in total. The van der Waals surface area contributed by atoms with Crippen LogP contribution >= 0.6 is 0 Å². The summed E-state index contributed by atoms with van der Waals surface area (Å²) in [5, 5.41) is 38.4. The van der Waals surface area contributed by atoms with E-state index in [1.165, 1.54) is 11.0 Å². The quantitative estimate of drug-likeness (QED) is 0.0834. The van der Waals surface area contributed by atoms with Crippen molar-refractivity contribution in [3.8, 4) is 40.2 Å². The van der Waals surface area contributed by atoms with Crippen molar-refractivity contribution in [2.75, 3.05) is 60.9 Å². The van der Waals surface area contributed by atoms with Gasteiger partial charge in [0.15, 0.2) is 23.0 Å². The van der Waals surface area contributed by atoms with Gasteiger partial charge in [-0.1, -0.05) is 38.1 Å². The molecule has 0 bridgehead atoms. The molecule has 3 aliphatic heterocycles. The zero-order valence-electron chi connectivity index (χ0n) is 35.8. The highest BCUT2D eigenvalue weighted by atomic mass is 16.7. The predicted molar refractivity (Wildman–Crippen MR) is 231 cm³/mol. The van der Waals surface area contributed by atoms with Gasteiger partial charge >= 0.3 is 12.1 Å². The van der Waals surface area contributed by atoms with Gasteiger partial charge in [0.05, 0.1) is 39.6 Å². The highest BCUT2D eigenvalue weighted by Crippen LogP contribution is 2.52.